The van der Waals surface area contributed by atoms with Gasteiger partial charge in [-0.25, -0.2) is 4.39 Å². The SMILES string of the molecule is CCCN(Cc1cccn1Cc1cccc(F)c1)C(=O)c1ccc(C)c([N+](=O)[O-])c1. The summed E-state index contributed by atoms with van der Waals surface area (Å²) in [4.78, 5) is 25.6. The van der Waals surface area contributed by atoms with Crippen LogP contribution >= 0.6 is 0 Å². The summed E-state index contributed by atoms with van der Waals surface area (Å²) >= 11 is 0. The fraction of sp³-hybridized carbons (Fsp3) is 0.261. The van der Waals surface area contributed by atoms with Gasteiger partial charge in [0.2, 0.25) is 0 Å². The molecule has 0 bridgehead atoms. The number of nitro benzene ring substituents is 1. The third kappa shape index (κ3) is 4.92. The number of amides is 1. The van der Waals surface area contributed by atoms with Gasteiger partial charge in [0.1, 0.15) is 5.82 Å². The lowest BCUT2D eigenvalue weighted by Gasteiger charge is -2.23. The summed E-state index contributed by atoms with van der Waals surface area (Å²) in [6.45, 7) is 4.99. The molecular formula is C23H24FN3O3. The summed E-state index contributed by atoms with van der Waals surface area (Å²) in [6.07, 6.45) is 2.65. The van der Waals surface area contributed by atoms with E-state index in [1.807, 2.05) is 35.9 Å². The first kappa shape index (κ1) is 21.2. The van der Waals surface area contributed by atoms with E-state index in [9.17, 15) is 19.3 Å². The second-order valence-corrected chi connectivity index (χ2v) is 7.24. The van der Waals surface area contributed by atoms with Gasteiger partial charge in [-0.15, -0.1) is 0 Å². The molecule has 3 rings (SSSR count). The van der Waals surface area contributed by atoms with Crippen LogP contribution in [0.1, 0.15) is 40.5 Å². The standard InChI is InChI=1S/C23H24FN3O3/c1-3-11-26(23(28)19-10-9-17(2)22(14-19)27(29)30)16-21-8-5-12-25(21)15-18-6-4-7-20(24)13-18/h4-10,12-14H,3,11,15-16H2,1-2H3. The predicted octanol–water partition coefficient (Wildman–Crippen LogP) is 4.94. The number of benzene rings is 2. The fourth-order valence-corrected chi connectivity index (χ4v) is 3.42. The minimum atomic E-state index is -0.472. The average molecular weight is 409 g/mol. The maximum Gasteiger partial charge on any atom is 0.273 e. The normalized spacial score (nSPS) is 10.8. The van der Waals surface area contributed by atoms with Crippen LogP contribution in [0.2, 0.25) is 0 Å². The Morgan fingerprint density at radius 2 is 1.97 bits per heavy atom. The van der Waals surface area contributed by atoms with Crippen LogP contribution < -0.4 is 0 Å². The first-order chi connectivity index (χ1) is 14.4. The van der Waals surface area contributed by atoms with E-state index < -0.39 is 4.92 Å². The molecule has 0 saturated carbocycles. The van der Waals surface area contributed by atoms with Gasteiger partial charge >= 0.3 is 0 Å². The van der Waals surface area contributed by atoms with E-state index in [0.717, 1.165) is 17.7 Å². The van der Waals surface area contributed by atoms with Crippen molar-refractivity contribution in [2.75, 3.05) is 6.54 Å². The first-order valence-electron chi connectivity index (χ1n) is 9.81. The molecule has 1 aromatic heterocycles. The molecule has 7 heteroatoms. The molecule has 0 spiro atoms. The number of hydrogen-bond acceptors (Lipinski definition) is 3. The Morgan fingerprint density at radius 1 is 1.17 bits per heavy atom. The van der Waals surface area contributed by atoms with Gasteiger partial charge in [0.05, 0.1) is 11.5 Å². The molecular weight excluding hydrogens is 385 g/mol. The van der Waals surface area contributed by atoms with Crippen LogP contribution in [0.5, 0.6) is 0 Å². The van der Waals surface area contributed by atoms with E-state index in [-0.39, 0.29) is 17.4 Å². The summed E-state index contributed by atoms with van der Waals surface area (Å²) in [5.41, 5.74) is 2.48. The zero-order valence-corrected chi connectivity index (χ0v) is 17.0. The van der Waals surface area contributed by atoms with Crippen molar-refractivity contribution in [1.29, 1.82) is 0 Å². The molecule has 0 N–H and O–H groups in total. The van der Waals surface area contributed by atoms with Crippen LogP contribution in [-0.2, 0) is 13.1 Å². The summed E-state index contributed by atoms with van der Waals surface area (Å²) < 4.78 is 15.5. The van der Waals surface area contributed by atoms with Crippen molar-refractivity contribution in [2.24, 2.45) is 0 Å². The van der Waals surface area contributed by atoms with Crippen molar-refractivity contribution < 1.29 is 14.1 Å². The molecule has 0 radical (unpaired) electrons. The van der Waals surface area contributed by atoms with E-state index in [1.54, 1.807) is 30.0 Å². The number of halogens is 1. The number of hydrogen-bond donors (Lipinski definition) is 0. The molecule has 3 aromatic rings. The van der Waals surface area contributed by atoms with E-state index >= 15 is 0 Å². The summed E-state index contributed by atoms with van der Waals surface area (Å²) in [6, 6.07) is 14.8. The highest BCUT2D eigenvalue weighted by Gasteiger charge is 2.20. The summed E-state index contributed by atoms with van der Waals surface area (Å²) in [5, 5.41) is 11.2. The number of rotatable bonds is 8. The molecule has 0 unspecified atom stereocenters. The monoisotopic (exact) mass is 409 g/mol. The quantitative estimate of drug-likeness (QED) is 0.391. The van der Waals surface area contributed by atoms with Gasteiger partial charge in [-0.3, -0.25) is 14.9 Å². The lowest BCUT2D eigenvalue weighted by atomic mass is 10.1. The zero-order valence-electron chi connectivity index (χ0n) is 17.0. The van der Waals surface area contributed by atoms with Crippen LogP contribution in [0.3, 0.4) is 0 Å². The van der Waals surface area contributed by atoms with Crippen LogP contribution in [0.15, 0.2) is 60.8 Å². The van der Waals surface area contributed by atoms with E-state index in [4.69, 9.17) is 0 Å². The fourth-order valence-electron chi connectivity index (χ4n) is 3.42. The number of aromatic nitrogens is 1. The number of carbonyl (C=O) groups is 1. The highest BCUT2D eigenvalue weighted by molar-refractivity contribution is 5.95. The van der Waals surface area contributed by atoms with Crippen LogP contribution in [-0.4, -0.2) is 26.8 Å². The zero-order chi connectivity index (χ0) is 21.7. The Morgan fingerprint density at radius 3 is 2.67 bits per heavy atom. The Hall–Kier alpha value is -3.48. The highest BCUT2D eigenvalue weighted by Crippen LogP contribution is 2.21. The first-order valence-corrected chi connectivity index (χ1v) is 9.81. The number of nitro groups is 1. The molecule has 0 aliphatic rings. The Kier molecular flexibility index (Phi) is 6.61. The van der Waals surface area contributed by atoms with Gasteiger partial charge < -0.3 is 9.47 Å². The largest absolute Gasteiger partial charge is 0.345 e. The van der Waals surface area contributed by atoms with Crippen molar-refractivity contribution in [3.8, 4) is 0 Å². The molecule has 1 amide bonds. The minimum absolute atomic E-state index is 0.0632. The van der Waals surface area contributed by atoms with Gasteiger partial charge in [0.15, 0.2) is 0 Å². The summed E-state index contributed by atoms with van der Waals surface area (Å²) in [5.74, 6) is -0.539. The van der Waals surface area contributed by atoms with Gasteiger partial charge in [-0.1, -0.05) is 25.1 Å². The smallest absolute Gasteiger partial charge is 0.273 e. The predicted molar refractivity (Wildman–Crippen MR) is 113 cm³/mol. The topological polar surface area (TPSA) is 68.4 Å². The van der Waals surface area contributed by atoms with Gasteiger partial charge in [-0.05, 0) is 49.2 Å². The van der Waals surface area contributed by atoms with Gasteiger partial charge in [-0.2, -0.15) is 0 Å². The molecule has 2 aromatic carbocycles. The maximum absolute atomic E-state index is 13.5. The van der Waals surface area contributed by atoms with Gasteiger partial charge in [0.25, 0.3) is 11.6 Å². The van der Waals surface area contributed by atoms with Crippen LogP contribution in [0.4, 0.5) is 10.1 Å². The Balaban J connectivity index is 1.83. The van der Waals surface area contributed by atoms with Crippen molar-refractivity contribution in [1.82, 2.24) is 9.47 Å². The lowest BCUT2D eigenvalue weighted by molar-refractivity contribution is -0.385. The van der Waals surface area contributed by atoms with E-state index in [2.05, 4.69) is 0 Å². The number of carbonyl (C=O) groups excluding carboxylic acids is 1. The number of nitrogens with zero attached hydrogens (tertiary/aromatic N) is 3. The third-order valence-corrected chi connectivity index (χ3v) is 4.95. The molecule has 0 aliphatic heterocycles. The summed E-state index contributed by atoms with van der Waals surface area (Å²) in [7, 11) is 0. The van der Waals surface area contributed by atoms with Gasteiger partial charge in [0, 0.05) is 42.2 Å². The molecule has 0 atom stereocenters. The molecule has 0 fully saturated rings. The number of aryl methyl sites for hydroxylation is 1. The van der Waals surface area contributed by atoms with Crippen molar-refractivity contribution in [3.05, 3.63) is 99.1 Å². The van der Waals surface area contributed by atoms with Crippen LogP contribution in [0, 0.1) is 22.9 Å². The lowest BCUT2D eigenvalue weighted by Crippen LogP contribution is -2.32. The van der Waals surface area contributed by atoms with E-state index in [1.165, 1.54) is 18.2 Å². The Labute approximate surface area is 174 Å². The second kappa shape index (κ2) is 9.35. The molecule has 0 saturated heterocycles. The van der Waals surface area contributed by atoms with Crippen LogP contribution in [0.25, 0.3) is 0 Å². The average Bonchev–Trinajstić information content (AvgIpc) is 3.14. The maximum atomic E-state index is 13.5. The molecule has 1 heterocycles. The molecule has 6 nitrogen and oxygen atoms in total. The highest BCUT2D eigenvalue weighted by atomic mass is 19.1. The van der Waals surface area contributed by atoms with Crippen molar-refractivity contribution in [2.45, 2.75) is 33.4 Å². The Bertz CT molecular complexity index is 1060. The third-order valence-electron chi connectivity index (χ3n) is 4.95. The molecule has 0 aliphatic carbocycles. The van der Waals surface area contributed by atoms with Crippen molar-refractivity contribution in [3.63, 3.8) is 0 Å². The molecule has 30 heavy (non-hydrogen) atoms. The molecule has 156 valence electrons. The van der Waals surface area contributed by atoms with Crippen molar-refractivity contribution >= 4 is 11.6 Å². The van der Waals surface area contributed by atoms with E-state index in [0.29, 0.717) is 30.8 Å². The second-order valence-electron chi connectivity index (χ2n) is 7.24. The minimum Gasteiger partial charge on any atom is -0.345 e.